The zero-order valence-corrected chi connectivity index (χ0v) is 9.57. The summed E-state index contributed by atoms with van der Waals surface area (Å²) in [6.45, 7) is 0. The van der Waals surface area contributed by atoms with Crippen molar-refractivity contribution in [3.8, 4) is 0 Å². The molecule has 6 heteroatoms. The van der Waals surface area contributed by atoms with E-state index in [9.17, 15) is 14.9 Å². The zero-order valence-electron chi connectivity index (χ0n) is 6.27. The van der Waals surface area contributed by atoms with Crippen molar-refractivity contribution in [2.75, 3.05) is 0 Å². The van der Waals surface area contributed by atoms with E-state index in [-0.39, 0.29) is 18.8 Å². The van der Waals surface area contributed by atoms with E-state index < -0.39 is 4.92 Å². The Kier molecular flexibility index (Phi) is 3.59. The van der Waals surface area contributed by atoms with E-state index in [4.69, 9.17) is 0 Å². The number of benzene rings is 1. The van der Waals surface area contributed by atoms with Gasteiger partial charge in [0.1, 0.15) is 0 Å². The number of carbonyl (C=O) groups is 1. The molecule has 1 aromatic carbocycles. The molecule has 0 heterocycles. The zero-order chi connectivity index (χ0) is 9.84. The molecule has 4 nitrogen and oxygen atoms in total. The Morgan fingerprint density at radius 1 is 1.54 bits per heavy atom. The third-order valence-corrected chi connectivity index (χ3v) is 4.36. The van der Waals surface area contributed by atoms with Crippen LogP contribution in [0.15, 0.2) is 18.2 Å². The predicted molar refractivity (Wildman–Crippen MR) is 52.8 cm³/mol. The van der Waals surface area contributed by atoms with E-state index in [1.807, 2.05) is 0 Å². The van der Waals surface area contributed by atoms with Gasteiger partial charge in [0.05, 0.1) is 0 Å². The summed E-state index contributed by atoms with van der Waals surface area (Å²) >= 11 is 2.94. The van der Waals surface area contributed by atoms with Crippen molar-refractivity contribution in [3.05, 3.63) is 33.9 Å². The van der Waals surface area contributed by atoms with Crippen molar-refractivity contribution in [3.63, 3.8) is 0 Å². The normalized spacial score (nSPS) is 9.62. The van der Waals surface area contributed by atoms with Crippen molar-refractivity contribution >= 4 is 43.7 Å². The minimum atomic E-state index is -0.481. The second-order valence-corrected chi connectivity index (χ2v) is 5.01. The molecule has 0 fully saturated rings. The van der Waals surface area contributed by atoms with Gasteiger partial charge in [-0.1, -0.05) is 0 Å². The van der Waals surface area contributed by atoms with Crippen LogP contribution in [0, 0.1) is 10.1 Å². The Balaban J connectivity index is 3.35. The second kappa shape index (κ2) is 4.50. The van der Waals surface area contributed by atoms with Crippen LogP contribution in [0.4, 0.5) is 5.69 Å². The van der Waals surface area contributed by atoms with Crippen LogP contribution in [0.1, 0.15) is 10.4 Å². The molecule has 0 aliphatic carbocycles. The number of hydrogen-bond donors (Lipinski definition) is 0. The van der Waals surface area contributed by atoms with E-state index in [2.05, 4.69) is 14.1 Å². The molecule has 68 valence electrons. The minimum absolute atomic E-state index is 0.00137. The number of carbonyl (C=O) groups excluding carboxylic acids is 1. The standard InChI is InChI=1S/C7H4BrNO3Se/c8-13-7-5(4-10)2-1-3-6(7)9(11)12/h1-4H. The Morgan fingerprint density at radius 3 is 2.69 bits per heavy atom. The summed E-state index contributed by atoms with van der Waals surface area (Å²) in [5.41, 5.74) is 0.382. The molecule has 1 rings (SSSR count). The van der Waals surface area contributed by atoms with Crippen molar-refractivity contribution in [2.24, 2.45) is 0 Å². The van der Waals surface area contributed by atoms with Gasteiger partial charge >= 0.3 is 87.3 Å². The maximum absolute atomic E-state index is 10.5. The number of nitro groups is 1. The average Bonchev–Trinajstić information content (AvgIpc) is 2.16. The molecular formula is C7H4BrNO3Se. The molecule has 0 aromatic heterocycles. The van der Waals surface area contributed by atoms with Crippen LogP contribution in [0.2, 0.25) is 0 Å². The molecule has 0 spiro atoms. The van der Waals surface area contributed by atoms with Gasteiger partial charge in [0, 0.05) is 0 Å². The molecule has 1 aromatic rings. The number of nitro benzene ring substituents is 1. The number of hydrogen-bond acceptors (Lipinski definition) is 3. The third-order valence-electron chi connectivity index (χ3n) is 1.43. The van der Waals surface area contributed by atoms with Gasteiger partial charge in [0.2, 0.25) is 0 Å². The van der Waals surface area contributed by atoms with E-state index >= 15 is 0 Å². The predicted octanol–water partition coefficient (Wildman–Crippen LogP) is 1.05. The summed E-state index contributed by atoms with van der Waals surface area (Å²) in [7, 11) is 0. The number of aldehydes is 1. The van der Waals surface area contributed by atoms with Crippen LogP contribution in [0.3, 0.4) is 0 Å². The first kappa shape index (κ1) is 10.4. The van der Waals surface area contributed by atoms with Crippen LogP contribution in [0.25, 0.3) is 0 Å². The molecule has 0 aliphatic rings. The Morgan fingerprint density at radius 2 is 2.23 bits per heavy atom. The van der Waals surface area contributed by atoms with Crippen LogP contribution >= 0.6 is 14.1 Å². The molecule has 13 heavy (non-hydrogen) atoms. The van der Waals surface area contributed by atoms with Gasteiger partial charge in [-0.15, -0.1) is 0 Å². The van der Waals surface area contributed by atoms with Gasteiger partial charge in [-0.05, 0) is 0 Å². The maximum atomic E-state index is 10.5. The van der Waals surface area contributed by atoms with Crippen LogP contribution in [-0.4, -0.2) is 24.4 Å². The fourth-order valence-corrected chi connectivity index (χ4v) is 3.59. The van der Waals surface area contributed by atoms with Gasteiger partial charge in [0.25, 0.3) is 0 Å². The molecule has 0 amide bonds. The van der Waals surface area contributed by atoms with E-state index in [0.717, 1.165) is 0 Å². The monoisotopic (exact) mass is 309 g/mol. The first-order chi connectivity index (χ1) is 6.20. The average molecular weight is 309 g/mol. The molecule has 0 N–H and O–H groups in total. The van der Waals surface area contributed by atoms with Gasteiger partial charge in [-0.3, -0.25) is 0 Å². The van der Waals surface area contributed by atoms with Crippen LogP contribution < -0.4 is 4.46 Å². The third kappa shape index (κ3) is 2.15. The van der Waals surface area contributed by atoms with Gasteiger partial charge in [-0.2, -0.15) is 0 Å². The summed E-state index contributed by atoms with van der Waals surface area (Å²) in [5, 5.41) is 10.5. The van der Waals surface area contributed by atoms with Crippen molar-refractivity contribution in [2.45, 2.75) is 0 Å². The van der Waals surface area contributed by atoms with E-state index in [1.54, 1.807) is 6.07 Å². The molecule has 0 atom stereocenters. The molecule has 0 radical (unpaired) electrons. The first-order valence-corrected chi connectivity index (χ1v) is 8.08. The quantitative estimate of drug-likeness (QED) is 0.363. The molecule has 0 unspecified atom stereocenters. The summed E-state index contributed by atoms with van der Waals surface area (Å²) in [6, 6.07) is 4.47. The summed E-state index contributed by atoms with van der Waals surface area (Å²) in [4.78, 5) is 20.6. The molecule has 0 bridgehead atoms. The summed E-state index contributed by atoms with van der Waals surface area (Å²) in [5.74, 6) is 0. The van der Waals surface area contributed by atoms with Gasteiger partial charge in [0.15, 0.2) is 0 Å². The Bertz CT molecular complexity index is 356. The fraction of sp³-hybridized carbons (Fsp3) is 0. The van der Waals surface area contributed by atoms with Crippen molar-refractivity contribution < 1.29 is 9.72 Å². The number of halogens is 1. The molecule has 0 saturated carbocycles. The Hall–Kier alpha value is -0.711. The number of rotatable bonds is 3. The van der Waals surface area contributed by atoms with E-state index in [1.165, 1.54) is 12.1 Å². The van der Waals surface area contributed by atoms with E-state index in [0.29, 0.717) is 16.3 Å². The molecular weight excluding hydrogens is 305 g/mol. The van der Waals surface area contributed by atoms with Crippen molar-refractivity contribution in [1.82, 2.24) is 0 Å². The number of nitrogens with zero attached hydrogens (tertiary/aromatic N) is 1. The van der Waals surface area contributed by atoms with Gasteiger partial charge < -0.3 is 0 Å². The van der Waals surface area contributed by atoms with Crippen LogP contribution in [0.5, 0.6) is 0 Å². The fourth-order valence-electron chi connectivity index (χ4n) is 0.863. The topological polar surface area (TPSA) is 60.2 Å². The Labute approximate surface area is 87.3 Å². The second-order valence-electron chi connectivity index (χ2n) is 2.15. The van der Waals surface area contributed by atoms with Crippen LogP contribution in [-0.2, 0) is 0 Å². The van der Waals surface area contributed by atoms with Gasteiger partial charge in [-0.25, -0.2) is 0 Å². The summed E-state index contributed by atoms with van der Waals surface area (Å²) < 4.78 is 0.481. The molecule has 0 aliphatic heterocycles. The van der Waals surface area contributed by atoms with Crippen molar-refractivity contribution in [1.29, 1.82) is 0 Å². The SMILES string of the molecule is O=Cc1cccc([N+](=O)[O-])c1[Se]Br. The molecule has 0 saturated heterocycles. The summed E-state index contributed by atoms with van der Waals surface area (Å²) in [6.07, 6.45) is 0.630. The first-order valence-electron chi connectivity index (χ1n) is 3.22.